The minimum absolute atomic E-state index is 0.169. The molecule has 0 fully saturated rings. The van der Waals surface area contributed by atoms with Crippen LogP contribution in [0.1, 0.15) is 39.1 Å². The van der Waals surface area contributed by atoms with Crippen LogP contribution in [0.2, 0.25) is 0 Å². The van der Waals surface area contributed by atoms with Gasteiger partial charge in [-0.2, -0.15) is 0 Å². The maximum Gasteiger partial charge on any atom is 0.411 e. The fourth-order valence-corrected chi connectivity index (χ4v) is 2.33. The van der Waals surface area contributed by atoms with Crippen molar-refractivity contribution in [2.75, 3.05) is 18.2 Å². The Bertz CT molecular complexity index is 887. The Morgan fingerprint density at radius 1 is 1.31 bits per heavy atom. The summed E-state index contributed by atoms with van der Waals surface area (Å²) in [6.45, 7) is 8.98. The van der Waals surface area contributed by atoms with Gasteiger partial charge in [-0.25, -0.2) is 9.59 Å². The lowest BCUT2D eigenvalue weighted by Crippen LogP contribution is -2.35. The maximum absolute atomic E-state index is 12.1. The summed E-state index contributed by atoms with van der Waals surface area (Å²) in [6.07, 6.45) is 0.755. The number of aromatic nitrogens is 2. The van der Waals surface area contributed by atoms with Crippen LogP contribution in [0, 0.1) is 0 Å². The van der Waals surface area contributed by atoms with Gasteiger partial charge in [0.25, 0.3) is 0 Å². The van der Waals surface area contributed by atoms with Gasteiger partial charge in [-0.05, 0) is 45.4 Å². The summed E-state index contributed by atoms with van der Waals surface area (Å²) in [5.41, 5.74) is 6.64. The molecule has 2 aromatic rings. The Morgan fingerprint density at radius 3 is 2.62 bits per heavy atom. The number of methoxy groups -OCH3 is 1. The van der Waals surface area contributed by atoms with Crippen LogP contribution in [-0.2, 0) is 9.47 Å². The highest BCUT2D eigenvalue weighted by Gasteiger charge is 2.24. The molecular weight excluding hydrogens is 378 g/mol. The van der Waals surface area contributed by atoms with Crippen molar-refractivity contribution in [3.63, 3.8) is 0 Å². The molecule has 1 aromatic carbocycles. The molecule has 1 aromatic heterocycles. The Hall–Kier alpha value is -3.56. The van der Waals surface area contributed by atoms with Crippen LogP contribution in [0.15, 0.2) is 35.3 Å². The minimum atomic E-state index is -0.642. The zero-order valence-electron chi connectivity index (χ0n) is 16.8. The summed E-state index contributed by atoms with van der Waals surface area (Å²) in [6, 6.07) is 4.18. The highest BCUT2D eigenvalue weighted by molar-refractivity contribution is 5.87. The number of ether oxygens (including phenoxy) is 2. The predicted molar refractivity (Wildman–Crippen MR) is 107 cm³/mol. The van der Waals surface area contributed by atoms with E-state index in [-0.39, 0.29) is 11.8 Å². The second kappa shape index (κ2) is 9.09. The van der Waals surface area contributed by atoms with Crippen molar-refractivity contribution in [3.8, 4) is 11.5 Å². The molecule has 2 rings (SSSR count). The van der Waals surface area contributed by atoms with Gasteiger partial charge in [0.05, 0.1) is 12.7 Å². The molecule has 1 heterocycles. The van der Waals surface area contributed by atoms with Crippen molar-refractivity contribution in [2.45, 2.75) is 38.8 Å². The van der Waals surface area contributed by atoms with Gasteiger partial charge in [0.1, 0.15) is 11.6 Å². The second-order valence-electron chi connectivity index (χ2n) is 7.09. The number of nitrogens with zero attached hydrogens (tertiary/aromatic N) is 2. The van der Waals surface area contributed by atoms with Crippen LogP contribution < -0.4 is 16.4 Å². The van der Waals surface area contributed by atoms with Crippen molar-refractivity contribution in [2.24, 2.45) is 0 Å². The van der Waals surface area contributed by atoms with Crippen LogP contribution in [0.4, 0.5) is 21.0 Å². The van der Waals surface area contributed by atoms with Gasteiger partial charge >= 0.3 is 12.2 Å². The molecule has 0 saturated heterocycles. The standard InChI is InChI=1S/C19H25N5O5/c1-6-7-14(22-18(26)29-19(2,3)4)16-24-23-15(28-16)12-9-8-11(10-13(12)20)21-17(25)27-5/h6,8-10,14H,1,7,20H2,2-5H3,(H,21,25)(H,22,26)/t14-/m0/s1. The molecule has 0 radical (unpaired) electrons. The van der Waals surface area contributed by atoms with Crippen LogP contribution in [0.25, 0.3) is 11.5 Å². The molecular formula is C19H25N5O5. The molecule has 4 N–H and O–H groups in total. The van der Waals surface area contributed by atoms with Crippen molar-refractivity contribution in [1.29, 1.82) is 0 Å². The first-order chi connectivity index (χ1) is 13.6. The Morgan fingerprint density at radius 2 is 2.03 bits per heavy atom. The smallest absolute Gasteiger partial charge is 0.411 e. The summed E-state index contributed by atoms with van der Waals surface area (Å²) in [5.74, 6) is 0.351. The molecule has 29 heavy (non-hydrogen) atoms. The van der Waals surface area contributed by atoms with E-state index in [0.29, 0.717) is 23.4 Å². The molecule has 0 unspecified atom stereocenters. The summed E-state index contributed by atoms with van der Waals surface area (Å²) < 4.78 is 15.5. The summed E-state index contributed by atoms with van der Waals surface area (Å²) in [7, 11) is 1.26. The van der Waals surface area contributed by atoms with Gasteiger partial charge in [0.2, 0.25) is 11.8 Å². The normalized spacial score (nSPS) is 12.0. The first-order valence-corrected chi connectivity index (χ1v) is 8.81. The van der Waals surface area contributed by atoms with Gasteiger partial charge in [-0.15, -0.1) is 16.8 Å². The van der Waals surface area contributed by atoms with E-state index < -0.39 is 23.8 Å². The van der Waals surface area contributed by atoms with E-state index in [0.717, 1.165) is 0 Å². The van der Waals surface area contributed by atoms with E-state index >= 15 is 0 Å². The Balaban J connectivity index is 2.20. The summed E-state index contributed by atoms with van der Waals surface area (Å²) in [4.78, 5) is 23.4. The lowest BCUT2D eigenvalue weighted by atomic mass is 10.1. The van der Waals surface area contributed by atoms with Crippen LogP contribution >= 0.6 is 0 Å². The van der Waals surface area contributed by atoms with E-state index in [1.54, 1.807) is 39.0 Å². The number of nitrogens with two attached hydrogens (primary N) is 1. The second-order valence-corrected chi connectivity index (χ2v) is 7.09. The molecule has 0 aliphatic rings. The third-order valence-corrected chi connectivity index (χ3v) is 3.55. The van der Waals surface area contributed by atoms with E-state index in [4.69, 9.17) is 14.9 Å². The number of carbonyl (C=O) groups is 2. The number of amides is 2. The highest BCUT2D eigenvalue weighted by Crippen LogP contribution is 2.29. The lowest BCUT2D eigenvalue weighted by Gasteiger charge is -2.21. The van der Waals surface area contributed by atoms with Gasteiger partial charge in [-0.3, -0.25) is 5.32 Å². The zero-order valence-corrected chi connectivity index (χ0v) is 16.8. The van der Waals surface area contributed by atoms with Crippen LogP contribution in [0.3, 0.4) is 0 Å². The number of hydrogen-bond acceptors (Lipinski definition) is 8. The molecule has 156 valence electrons. The van der Waals surface area contributed by atoms with Crippen molar-refractivity contribution in [3.05, 3.63) is 36.7 Å². The van der Waals surface area contributed by atoms with E-state index in [1.165, 1.54) is 13.2 Å². The third-order valence-electron chi connectivity index (χ3n) is 3.55. The number of nitrogen functional groups attached to an aromatic ring is 1. The first-order valence-electron chi connectivity index (χ1n) is 8.81. The predicted octanol–water partition coefficient (Wildman–Crippen LogP) is 3.64. The number of nitrogens with one attached hydrogen (secondary N) is 2. The van der Waals surface area contributed by atoms with Crippen LogP contribution in [-0.4, -0.2) is 35.1 Å². The number of hydrogen-bond donors (Lipinski definition) is 3. The van der Waals surface area contributed by atoms with Crippen molar-refractivity contribution < 1.29 is 23.5 Å². The van der Waals surface area contributed by atoms with Crippen molar-refractivity contribution >= 4 is 23.6 Å². The van der Waals surface area contributed by atoms with Gasteiger partial charge in [-0.1, -0.05) is 6.08 Å². The monoisotopic (exact) mass is 403 g/mol. The molecule has 0 aliphatic carbocycles. The minimum Gasteiger partial charge on any atom is -0.453 e. The maximum atomic E-state index is 12.1. The Kier molecular flexibility index (Phi) is 6.81. The van der Waals surface area contributed by atoms with Gasteiger partial charge in [0, 0.05) is 11.4 Å². The van der Waals surface area contributed by atoms with E-state index in [2.05, 4.69) is 32.1 Å². The number of anilines is 2. The molecule has 2 amide bonds. The van der Waals surface area contributed by atoms with E-state index in [1.807, 2.05) is 0 Å². The van der Waals surface area contributed by atoms with Gasteiger partial charge in [0.15, 0.2) is 0 Å². The molecule has 0 spiro atoms. The SMILES string of the molecule is C=CC[C@H](NC(=O)OC(C)(C)C)c1nnc(-c2ccc(NC(=O)OC)cc2N)o1. The average molecular weight is 403 g/mol. The summed E-state index contributed by atoms with van der Waals surface area (Å²) in [5, 5.41) is 13.2. The molecule has 10 heteroatoms. The summed E-state index contributed by atoms with van der Waals surface area (Å²) >= 11 is 0. The van der Waals surface area contributed by atoms with Crippen molar-refractivity contribution in [1.82, 2.24) is 15.5 Å². The van der Waals surface area contributed by atoms with Crippen LogP contribution in [0.5, 0.6) is 0 Å². The molecule has 0 saturated carbocycles. The first kappa shape index (κ1) is 21.7. The molecule has 1 atom stereocenters. The van der Waals surface area contributed by atoms with E-state index in [9.17, 15) is 9.59 Å². The topological polar surface area (TPSA) is 142 Å². The molecule has 0 bridgehead atoms. The number of rotatable bonds is 6. The number of carbonyl (C=O) groups excluding carboxylic acids is 2. The van der Waals surface area contributed by atoms with Gasteiger partial charge < -0.3 is 24.9 Å². The average Bonchev–Trinajstić information content (AvgIpc) is 3.09. The fraction of sp³-hybridized carbons (Fsp3) is 0.368. The largest absolute Gasteiger partial charge is 0.453 e. The zero-order chi connectivity index (χ0) is 21.6. The number of benzene rings is 1. The number of alkyl carbamates (subject to hydrolysis) is 1. The highest BCUT2D eigenvalue weighted by atomic mass is 16.6. The fourth-order valence-electron chi connectivity index (χ4n) is 2.33. The third kappa shape index (κ3) is 6.23. The molecule has 10 nitrogen and oxygen atoms in total. The molecule has 0 aliphatic heterocycles. The lowest BCUT2D eigenvalue weighted by molar-refractivity contribution is 0.0496. The Labute approximate surface area is 168 Å². The quantitative estimate of drug-likeness (QED) is 0.490.